The van der Waals surface area contributed by atoms with Crippen LogP contribution in [0.25, 0.3) is 0 Å². The molecule has 14 heavy (non-hydrogen) atoms. The summed E-state index contributed by atoms with van der Waals surface area (Å²) in [5.74, 6) is 0.399. The van der Waals surface area contributed by atoms with Gasteiger partial charge in [-0.25, -0.2) is 0 Å². The maximum atomic E-state index is 6.11. The molecule has 1 aromatic carbocycles. The number of halogens is 1. The van der Waals surface area contributed by atoms with Crippen LogP contribution in [0, 0.1) is 0 Å². The molecule has 1 fully saturated rings. The first-order chi connectivity index (χ1) is 6.77. The first-order valence-electron chi connectivity index (χ1n) is 4.53. The Kier molecular flexibility index (Phi) is 2.89. The lowest BCUT2D eigenvalue weighted by molar-refractivity contribution is 0.591. The van der Waals surface area contributed by atoms with E-state index in [1.165, 1.54) is 5.56 Å². The Morgan fingerprint density at radius 1 is 1.21 bits per heavy atom. The molecule has 0 aromatic heterocycles. The molecule has 1 heterocycles. The summed E-state index contributed by atoms with van der Waals surface area (Å²) in [6.45, 7) is 1.71. The van der Waals surface area contributed by atoms with E-state index < -0.39 is 0 Å². The summed E-state index contributed by atoms with van der Waals surface area (Å²) in [5.41, 5.74) is 1.18. The van der Waals surface area contributed by atoms with Gasteiger partial charge in [0.2, 0.25) is 0 Å². The first kappa shape index (κ1) is 9.74. The standard InChI is InChI=1S/C10H11ClN2S/c11-9-4-2-1-3-8(9)7-5-12-10(14)13-6-7/h1-4,7H,5-6H2,(H2,12,13,14). The van der Waals surface area contributed by atoms with E-state index in [9.17, 15) is 0 Å². The van der Waals surface area contributed by atoms with Gasteiger partial charge in [0, 0.05) is 24.0 Å². The van der Waals surface area contributed by atoms with E-state index in [1.54, 1.807) is 0 Å². The van der Waals surface area contributed by atoms with Crippen molar-refractivity contribution in [3.63, 3.8) is 0 Å². The summed E-state index contributed by atoms with van der Waals surface area (Å²) in [6.07, 6.45) is 0. The lowest BCUT2D eigenvalue weighted by Gasteiger charge is -2.26. The van der Waals surface area contributed by atoms with Crippen molar-refractivity contribution in [3.8, 4) is 0 Å². The van der Waals surface area contributed by atoms with E-state index in [2.05, 4.69) is 16.7 Å². The molecule has 1 saturated heterocycles. The predicted octanol–water partition coefficient (Wildman–Crippen LogP) is 1.90. The minimum atomic E-state index is 0.399. The third-order valence-electron chi connectivity index (χ3n) is 2.36. The van der Waals surface area contributed by atoms with Crippen molar-refractivity contribution < 1.29 is 0 Å². The molecule has 74 valence electrons. The number of hydrogen-bond acceptors (Lipinski definition) is 1. The Balaban J connectivity index is 2.16. The van der Waals surface area contributed by atoms with Crippen molar-refractivity contribution in [3.05, 3.63) is 34.9 Å². The van der Waals surface area contributed by atoms with E-state index in [0.29, 0.717) is 5.92 Å². The van der Waals surface area contributed by atoms with E-state index in [4.69, 9.17) is 23.8 Å². The zero-order valence-corrected chi connectivity index (χ0v) is 9.16. The molecule has 0 aliphatic carbocycles. The van der Waals surface area contributed by atoms with Gasteiger partial charge in [-0.05, 0) is 23.8 Å². The average molecular weight is 227 g/mol. The van der Waals surface area contributed by atoms with E-state index >= 15 is 0 Å². The van der Waals surface area contributed by atoms with E-state index in [-0.39, 0.29) is 0 Å². The molecule has 0 saturated carbocycles. The molecule has 0 unspecified atom stereocenters. The van der Waals surface area contributed by atoms with Gasteiger partial charge in [-0.2, -0.15) is 0 Å². The summed E-state index contributed by atoms with van der Waals surface area (Å²) >= 11 is 11.1. The quantitative estimate of drug-likeness (QED) is 0.716. The van der Waals surface area contributed by atoms with E-state index in [0.717, 1.165) is 23.2 Å². The molecule has 1 aliphatic rings. The van der Waals surface area contributed by atoms with Gasteiger partial charge in [0.05, 0.1) is 0 Å². The van der Waals surface area contributed by atoms with Gasteiger partial charge >= 0.3 is 0 Å². The van der Waals surface area contributed by atoms with Crippen LogP contribution in [-0.2, 0) is 0 Å². The maximum Gasteiger partial charge on any atom is 0.166 e. The molecule has 2 rings (SSSR count). The second kappa shape index (κ2) is 4.15. The van der Waals surface area contributed by atoms with Gasteiger partial charge < -0.3 is 10.6 Å². The van der Waals surface area contributed by atoms with Crippen LogP contribution in [0.2, 0.25) is 5.02 Å². The molecule has 2 nitrogen and oxygen atoms in total. The van der Waals surface area contributed by atoms with Crippen LogP contribution in [0.15, 0.2) is 24.3 Å². The highest BCUT2D eigenvalue weighted by molar-refractivity contribution is 7.80. The van der Waals surface area contributed by atoms with Crippen LogP contribution in [0.5, 0.6) is 0 Å². The number of rotatable bonds is 1. The molecule has 4 heteroatoms. The largest absolute Gasteiger partial charge is 0.362 e. The molecule has 0 amide bonds. The zero-order valence-electron chi connectivity index (χ0n) is 7.59. The molecule has 1 aromatic rings. The Hall–Kier alpha value is -0.800. The molecule has 0 atom stereocenters. The third kappa shape index (κ3) is 1.99. The molecular weight excluding hydrogens is 216 g/mol. The number of thiocarbonyl (C=S) groups is 1. The monoisotopic (exact) mass is 226 g/mol. The molecule has 0 bridgehead atoms. The summed E-state index contributed by atoms with van der Waals surface area (Å²) in [6, 6.07) is 7.93. The highest BCUT2D eigenvalue weighted by Crippen LogP contribution is 2.24. The SMILES string of the molecule is S=C1NCC(c2ccccc2Cl)CN1. The van der Waals surface area contributed by atoms with Gasteiger partial charge in [0.15, 0.2) is 5.11 Å². The summed E-state index contributed by atoms with van der Waals surface area (Å²) in [5, 5.41) is 7.80. The Morgan fingerprint density at radius 3 is 2.50 bits per heavy atom. The molecule has 0 radical (unpaired) electrons. The van der Waals surface area contributed by atoms with E-state index in [1.807, 2.05) is 18.2 Å². The second-order valence-electron chi connectivity index (χ2n) is 3.31. The fourth-order valence-corrected chi connectivity index (χ4v) is 2.05. The first-order valence-corrected chi connectivity index (χ1v) is 5.32. The third-order valence-corrected chi connectivity index (χ3v) is 3.00. The minimum Gasteiger partial charge on any atom is -0.362 e. The van der Waals surface area contributed by atoms with Crippen molar-refractivity contribution in [2.75, 3.05) is 13.1 Å². The van der Waals surface area contributed by atoms with Crippen LogP contribution < -0.4 is 10.6 Å². The summed E-state index contributed by atoms with van der Waals surface area (Å²) in [4.78, 5) is 0. The normalized spacial score (nSPS) is 17.4. The lowest BCUT2D eigenvalue weighted by Crippen LogP contribution is -2.46. The van der Waals surface area contributed by atoms with Gasteiger partial charge in [0.1, 0.15) is 0 Å². The van der Waals surface area contributed by atoms with Crippen molar-refractivity contribution in [1.82, 2.24) is 10.6 Å². The fraction of sp³-hybridized carbons (Fsp3) is 0.300. The Morgan fingerprint density at radius 2 is 1.86 bits per heavy atom. The highest BCUT2D eigenvalue weighted by Gasteiger charge is 2.18. The smallest absolute Gasteiger partial charge is 0.166 e. The fourth-order valence-electron chi connectivity index (χ4n) is 1.59. The summed E-state index contributed by atoms with van der Waals surface area (Å²) in [7, 11) is 0. The van der Waals surface area contributed by atoms with Crippen LogP contribution in [0.3, 0.4) is 0 Å². The minimum absolute atomic E-state index is 0.399. The predicted molar refractivity (Wildman–Crippen MR) is 62.8 cm³/mol. The van der Waals surface area contributed by atoms with Gasteiger partial charge in [-0.15, -0.1) is 0 Å². The van der Waals surface area contributed by atoms with Crippen molar-refractivity contribution in [2.24, 2.45) is 0 Å². The van der Waals surface area contributed by atoms with Crippen LogP contribution >= 0.6 is 23.8 Å². The topological polar surface area (TPSA) is 24.1 Å². The van der Waals surface area contributed by atoms with Crippen LogP contribution in [-0.4, -0.2) is 18.2 Å². The molecule has 1 aliphatic heterocycles. The van der Waals surface area contributed by atoms with Crippen molar-refractivity contribution >= 4 is 28.9 Å². The highest BCUT2D eigenvalue weighted by atomic mass is 35.5. The van der Waals surface area contributed by atoms with Crippen molar-refractivity contribution in [1.29, 1.82) is 0 Å². The number of benzene rings is 1. The van der Waals surface area contributed by atoms with Crippen LogP contribution in [0.4, 0.5) is 0 Å². The molecule has 0 spiro atoms. The van der Waals surface area contributed by atoms with Gasteiger partial charge in [0.25, 0.3) is 0 Å². The van der Waals surface area contributed by atoms with Gasteiger partial charge in [-0.1, -0.05) is 29.8 Å². The maximum absolute atomic E-state index is 6.11. The zero-order chi connectivity index (χ0) is 9.97. The Labute approximate surface area is 93.6 Å². The summed E-state index contributed by atoms with van der Waals surface area (Å²) < 4.78 is 0. The lowest BCUT2D eigenvalue weighted by atomic mass is 9.98. The van der Waals surface area contributed by atoms with Gasteiger partial charge in [-0.3, -0.25) is 0 Å². The molecule has 2 N–H and O–H groups in total. The number of nitrogens with one attached hydrogen (secondary N) is 2. The average Bonchev–Trinajstić information content (AvgIpc) is 2.20. The molecular formula is C10H11ClN2S. The van der Waals surface area contributed by atoms with Crippen LogP contribution in [0.1, 0.15) is 11.5 Å². The second-order valence-corrected chi connectivity index (χ2v) is 4.12. The van der Waals surface area contributed by atoms with Crippen molar-refractivity contribution in [2.45, 2.75) is 5.92 Å². The Bertz CT molecular complexity index is 344. The number of hydrogen-bond donors (Lipinski definition) is 2.